The van der Waals surface area contributed by atoms with Crippen molar-refractivity contribution in [3.05, 3.63) is 0 Å². The summed E-state index contributed by atoms with van der Waals surface area (Å²) in [5.41, 5.74) is -3.02. The smallest absolute Gasteiger partial charge is 0.444 e. The highest BCUT2D eigenvalue weighted by molar-refractivity contribution is 6.45. The highest BCUT2D eigenvalue weighted by Crippen LogP contribution is 2.39. The van der Waals surface area contributed by atoms with Gasteiger partial charge < -0.3 is 29.6 Å². The molecule has 2 rings (SSSR count). The number of hydrogen-bond donors (Lipinski definition) is 2. The quantitative estimate of drug-likeness (QED) is 0.363. The summed E-state index contributed by atoms with van der Waals surface area (Å²) in [5.74, 6) is -0.740. The molecule has 2 saturated heterocycles. The molecule has 2 fully saturated rings. The summed E-state index contributed by atoms with van der Waals surface area (Å²) in [4.78, 5) is 40.7. The van der Waals surface area contributed by atoms with Crippen molar-refractivity contribution in [2.24, 2.45) is 5.92 Å². The fourth-order valence-corrected chi connectivity index (χ4v) is 4.94. The topological polar surface area (TPSA) is 106 Å². The summed E-state index contributed by atoms with van der Waals surface area (Å²) in [5, 5.41) is 6.12. The zero-order valence-corrected chi connectivity index (χ0v) is 25.0. The highest BCUT2D eigenvalue weighted by Gasteiger charge is 2.52. The molecule has 212 valence electrons. The average molecular weight is 524 g/mol. The molecule has 0 spiro atoms. The number of amides is 3. The lowest BCUT2D eigenvalue weighted by molar-refractivity contribution is -0.137. The summed E-state index contributed by atoms with van der Waals surface area (Å²) >= 11 is 0. The lowest BCUT2D eigenvalue weighted by atomic mass is 9.75. The van der Waals surface area contributed by atoms with E-state index in [9.17, 15) is 14.4 Å². The predicted octanol–water partition coefficient (Wildman–Crippen LogP) is 4.30. The van der Waals surface area contributed by atoms with E-state index >= 15 is 0 Å². The van der Waals surface area contributed by atoms with Gasteiger partial charge in [0, 0.05) is 31.5 Å². The van der Waals surface area contributed by atoms with Gasteiger partial charge in [0.15, 0.2) is 0 Å². The third-order valence-electron chi connectivity index (χ3n) is 7.39. The van der Waals surface area contributed by atoms with Crippen LogP contribution in [-0.4, -0.2) is 70.9 Å². The average Bonchev–Trinajstić information content (AvgIpc) is 3.24. The molecule has 0 aromatic carbocycles. The van der Waals surface area contributed by atoms with E-state index < -0.39 is 22.8 Å². The summed E-state index contributed by atoms with van der Waals surface area (Å²) in [6.45, 7) is 21.6. The number of unbranched alkanes of at least 4 members (excludes halogenated alkanes) is 1. The lowest BCUT2D eigenvalue weighted by Crippen LogP contribution is -2.65. The molecule has 10 heteroatoms. The van der Waals surface area contributed by atoms with E-state index in [1.165, 1.54) is 6.92 Å². The number of nitrogens with zero attached hydrogens (tertiary/aromatic N) is 1. The maximum Gasteiger partial charge on any atom is 0.457 e. The predicted molar refractivity (Wildman–Crippen MR) is 145 cm³/mol. The van der Waals surface area contributed by atoms with Gasteiger partial charge in [-0.1, -0.05) is 12.8 Å². The third-order valence-corrected chi connectivity index (χ3v) is 7.39. The van der Waals surface area contributed by atoms with Gasteiger partial charge in [0.05, 0.1) is 11.2 Å². The normalized spacial score (nSPS) is 22.9. The molecule has 0 aliphatic carbocycles. The molecule has 2 unspecified atom stereocenters. The van der Waals surface area contributed by atoms with E-state index in [2.05, 4.69) is 10.6 Å². The molecule has 2 atom stereocenters. The molecule has 3 amide bonds. The minimum Gasteiger partial charge on any atom is -0.444 e. The molecule has 0 radical (unpaired) electrons. The van der Waals surface area contributed by atoms with Gasteiger partial charge in [0.2, 0.25) is 11.8 Å². The van der Waals surface area contributed by atoms with Crippen molar-refractivity contribution in [3.8, 4) is 0 Å². The van der Waals surface area contributed by atoms with Gasteiger partial charge in [0.25, 0.3) is 0 Å². The molecule has 2 aliphatic heterocycles. The van der Waals surface area contributed by atoms with Crippen LogP contribution in [-0.2, 0) is 23.6 Å². The van der Waals surface area contributed by atoms with Gasteiger partial charge in [-0.3, -0.25) is 9.59 Å². The summed E-state index contributed by atoms with van der Waals surface area (Å²) in [6, 6.07) is 0. The van der Waals surface area contributed by atoms with Crippen LogP contribution in [0.1, 0.15) is 102 Å². The zero-order valence-electron chi connectivity index (χ0n) is 25.0. The second-order valence-corrected chi connectivity index (χ2v) is 13.7. The number of nitrogens with one attached hydrogen (secondary N) is 2. The second-order valence-electron chi connectivity index (χ2n) is 13.7. The Bertz CT molecular complexity index is 832. The van der Waals surface area contributed by atoms with E-state index in [-0.39, 0.29) is 36.1 Å². The van der Waals surface area contributed by atoms with Crippen LogP contribution in [0.15, 0.2) is 0 Å². The van der Waals surface area contributed by atoms with Crippen LogP contribution >= 0.6 is 0 Å². The van der Waals surface area contributed by atoms with E-state index in [4.69, 9.17) is 14.0 Å². The van der Waals surface area contributed by atoms with Crippen LogP contribution in [0.25, 0.3) is 0 Å². The Morgan fingerprint density at radius 2 is 1.54 bits per heavy atom. The van der Waals surface area contributed by atoms with E-state index in [1.807, 2.05) is 69.2 Å². The maximum absolute atomic E-state index is 13.8. The van der Waals surface area contributed by atoms with Gasteiger partial charge in [-0.05, 0) is 88.4 Å². The second kappa shape index (κ2) is 11.1. The monoisotopic (exact) mass is 523 g/mol. The maximum atomic E-state index is 13.8. The third kappa shape index (κ3) is 8.34. The molecular weight excluding hydrogens is 473 g/mol. The minimum atomic E-state index is -1.15. The molecule has 0 aromatic heterocycles. The van der Waals surface area contributed by atoms with Crippen LogP contribution in [0.2, 0.25) is 6.32 Å². The van der Waals surface area contributed by atoms with Gasteiger partial charge >= 0.3 is 13.2 Å². The van der Waals surface area contributed by atoms with E-state index in [1.54, 1.807) is 4.90 Å². The molecular formula is C27H50BN3O6. The highest BCUT2D eigenvalue weighted by atomic mass is 16.7. The van der Waals surface area contributed by atoms with Crippen molar-refractivity contribution in [3.63, 3.8) is 0 Å². The Hall–Kier alpha value is -1.81. The van der Waals surface area contributed by atoms with Crippen molar-refractivity contribution in [2.45, 2.75) is 136 Å². The van der Waals surface area contributed by atoms with Crippen LogP contribution in [0, 0.1) is 5.92 Å². The summed E-state index contributed by atoms with van der Waals surface area (Å²) in [7, 11) is -0.308. The van der Waals surface area contributed by atoms with Crippen molar-refractivity contribution in [1.29, 1.82) is 0 Å². The molecule has 0 bridgehead atoms. The molecule has 37 heavy (non-hydrogen) atoms. The number of rotatable bonds is 8. The first kappa shape index (κ1) is 31.4. The molecule has 2 N–H and O–H groups in total. The first-order chi connectivity index (χ1) is 16.7. The van der Waals surface area contributed by atoms with Gasteiger partial charge in [-0.15, -0.1) is 0 Å². The molecule has 2 aliphatic rings. The number of carbonyl (C=O) groups is 3. The Morgan fingerprint density at radius 3 is 2.03 bits per heavy atom. The van der Waals surface area contributed by atoms with Crippen LogP contribution in [0.4, 0.5) is 4.79 Å². The number of likely N-dealkylation sites (tertiary alicyclic amines) is 1. The molecule has 2 heterocycles. The molecule has 0 aromatic rings. The Labute approximate surface area is 224 Å². The van der Waals surface area contributed by atoms with Crippen molar-refractivity contribution < 1.29 is 28.4 Å². The van der Waals surface area contributed by atoms with Crippen LogP contribution in [0.5, 0.6) is 0 Å². The van der Waals surface area contributed by atoms with Crippen molar-refractivity contribution in [1.82, 2.24) is 15.5 Å². The Balaban J connectivity index is 2.20. The summed E-state index contributed by atoms with van der Waals surface area (Å²) in [6.07, 6.45) is 2.78. The number of ether oxygens (including phenoxy) is 1. The van der Waals surface area contributed by atoms with Crippen LogP contribution in [0.3, 0.4) is 0 Å². The van der Waals surface area contributed by atoms with Gasteiger partial charge in [-0.2, -0.15) is 0 Å². The van der Waals surface area contributed by atoms with Gasteiger partial charge in [-0.25, -0.2) is 4.79 Å². The minimum absolute atomic E-state index is 0.220. The fraction of sp³-hybridized carbons (Fsp3) is 0.889. The van der Waals surface area contributed by atoms with Crippen molar-refractivity contribution >= 4 is 25.0 Å². The SMILES string of the molecule is CC(=O)NC(CCCCB1OC(C)(C)C(C)(C)O1)(C(=O)NC(C)(C)C)C1CCN(C(=O)OC(C)(C)C)C1. The zero-order chi connectivity index (χ0) is 28.4. The van der Waals surface area contributed by atoms with E-state index in [0.717, 1.165) is 6.42 Å². The summed E-state index contributed by atoms with van der Waals surface area (Å²) < 4.78 is 17.8. The first-order valence-corrected chi connectivity index (χ1v) is 13.6. The van der Waals surface area contributed by atoms with Crippen molar-refractivity contribution in [2.75, 3.05) is 13.1 Å². The number of carbonyl (C=O) groups excluding carboxylic acids is 3. The Morgan fingerprint density at radius 1 is 0.973 bits per heavy atom. The fourth-order valence-electron chi connectivity index (χ4n) is 4.94. The van der Waals surface area contributed by atoms with Crippen LogP contribution < -0.4 is 10.6 Å². The standard InChI is InChI=1S/C27H50BN3O6/c1-19(32)29-27(21(33)30-23(2,3)4,20-14-17-31(18-20)22(34)35-24(5,6)7)15-12-13-16-28-36-25(8,9)26(10,11)37-28/h20H,12-18H2,1-11H3,(H,29,32)(H,30,33). The Kier molecular flexibility index (Phi) is 9.45. The van der Waals surface area contributed by atoms with E-state index in [0.29, 0.717) is 38.7 Å². The van der Waals surface area contributed by atoms with Gasteiger partial charge in [0.1, 0.15) is 11.1 Å². The lowest BCUT2D eigenvalue weighted by Gasteiger charge is -2.40. The number of hydrogen-bond acceptors (Lipinski definition) is 6. The molecule has 0 saturated carbocycles. The largest absolute Gasteiger partial charge is 0.457 e. The first-order valence-electron chi connectivity index (χ1n) is 13.6. The molecule has 9 nitrogen and oxygen atoms in total.